The second kappa shape index (κ2) is 22.9. The Morgan fingerprint density at radius 1 is 1.05 bits per heavy atom. The first-order chi connectivity index (χ1) is 29.3. The van der Waals surface area contributed by atoms with Gasteiger partial charge < -0.3 is 38.7 Å². The van der Waals surface area contributed by atoms with Crippen LogP contribution < -0.4 is 15.0 Å². The number of carbonyl (C=O) groups excluding carboxylic acids is 7. The summed E-state index contributed by atoms with van der Waals surface area (Å²) in [6.07, 6.45) is 2.18. The molecule has 62 heavy (non-hydrogen) atoms. The largest absolute Gasteiger partial charge is 0.495 e. The number of ether oxygens (including phenoxy) is 4. The van der Waals surface area contributed by atoms with Crippen molar-refractivity contribution in [2.24, 2.45) is 11.8 Å². The SMILES string of the molecule is COc1cc2cc(c1Cl)N(C)C(=O)C[C@H](OC(=O)[C@H](C)N(C)C(=O)CCSSCCC(=O)ON1C(=O)CCC1=O)[C@@H](C)C[C@H](C)[C@@H]1C[C@@](O)(NC(=O)O1)[C@H](OC)/C=C/C=C(\C)C2. The Labute approximate surface area is 374 Å². The first kappa shape index (κ1) is 50.3. The number of methoxy groups -OCH3 is 2. The van der Waals surface area contributed by atoms with E-state index < -0.39 is 71.8 Å². The average molecular weight is 926 g/mol. The maximum absolute atomic E-state index is 14.1. The predicted octanol–water partition coefficient (Wildman–Crippen LogP) is 5.15. The fraction of sp³-hybridized carbons (Fsp3) is 0.595. The van der Waals surface area contributed by atoms with Crippen molar-refractivity contribution in [2.45, 2.75) is 109 Å². The normalized spacial score (nSPS) is 26.7. The maximum atomic E-state index is 14.1. The molecule has 0 spiro atoms. The summed E-state index contributed by atoms with van der Waals surface area (Å²) in [6, 6.07) is 2.53. The molecule has 2 fully saturated rings. The lowest BCUT2D eigenvalue weighted by atomic mass is 9.83. The van der Waals surface area contributed by atoms with Crippen molar-refractivity contribution in [1.29, 1.82) is 0 Å². The van der Waals surface area contributed by atoms with Crippen LogP contribution in [0.3, 0.4) is 0 Å². The van der Waals surface area contributed by atoms with Gasteiger partial charge in [0, 0.05) is 58.4 Å². The number of benzene rings is 1. The van der Waals surface area contributed by atoms with E-state index in [4.69, 9.17) is 35.4 Å². The number of imide groups is 1. The molecule has 2 saturated heterocycles. The summed E-state index contributed by atoms with van der Waals surface area (Å²) in [5, 5.41) is 15.0. The maximum Gasteiger partial charge on any atom is 0.409 e. The lowest BCUT2D eigenvalue weighted by Crippen LogP contribution is -2.63. The molecule has 20 heteroatoms. The average Bonchev–Trinajstić information content (AvgIpc) is 3.54. The van der Waals surface area contributed by atoms with E-state index in [0.717, 1.165) is 11.1 Å². The predicted molar refractivity (Wildman–Crippen MR) is 233 cm³/mol. The molecule has 4 rings (SSSR count). The number of rotatable bonds is 13. The third-order valence-corrected chi connectivity index (χ3v) is 13.8. The van der Waals surface area contributed by atoms with Gasteiger partial charge in [-0.3, -0.25) is 24.5 Å². The van der Waals surface area contributed by atoms with Crippen molar-refractivity contribution in [3.8, 4) is 5.75 Å². The summed E-state index contributed by atoms with van der Waals surface area (Å²) in [4.78, 5) is 96.9. The van der Waals surface area contributed by atoms with E-state index in [9.17, 15) is 38.7 Å². The van der Waals surface area contributed by atoms with Crippen LogP contribution in [0.25, 0.3) is 0 Å². The summed E-state index contributed by atoms with van der Waals surface area (Å²) < 4.78 is 22.9. The molecule has 3 aliphatic heterocycles. The third-order valence-electron chi connectivity index (χ3n) is 11.0. The number of anilines is 1. The first-order valence-electron chi connectivity index (χ1n) is 20.3. The van der Waals surface area contributed by atoms with E-state index in [-0.39, 0.29) is 55.4 Å². The minimum absolute atomic E-state index is 0.00531. The second-order valence-corrected chi connectivity index (χ2v) is 18.8. The lowest BCUT2D eigenvalue weighted by Gasteiger charge is -2.42. The quantitative estimate of drug-likeness (QED) is 0.114. The Hall–Kier alpha value is -4.30. The van der Waals surface area contributed by atoms with Crippen molar-refractivity contribution in [3.63, 3.8) is 0 Å². The standard InChI is InChI=1S/C42H57ClN4O13S2/c1-24-10-9-11-33(57-8)42(55)23-32(59-41(54)44-42)26(3)19-25(2)30(22-37(51)46(6)29-20-28(18-24)21-31(56-7)39(29)43)58-40(53)27(4)45(5)34(48)14-16-61-62-17-15-38(52)60-47-35(49)12-13-36(47)50/h9-11,20-21,25-27,30,32-33,55H,12-19,22-23H2,1-8H3,(H,44,54)/b11-9+,24-10+/t25-,26-,27-,30-,32-,33+,42-/m0/s1. The summed E-state index contributed by atoms with van der Waals surface area (Å²) in [5.41, 5.74) is 0.279. The van der Waals surface area contributed by atoms with Crippen molar-refractivity contribution >= 4 is 80.5 Å². The summed E-state index contributed by atoms with van der Waals surface area (Å²) in [5.74, 6) is -3.18. The van der Waals surface area contributed by atoms with Gasteiger partial charge in [0.25, 0.3) is 11.8 Å². The van der Waals surface area contributed by atoms with Crippen LogP contribution in [-0.4, -0.2) is 127 Å². The number of amides is 5. The van der Waals surface area contributed by atoms with Crippen molar-refractivity contribution in [1.82, 2.24) is 15.3 Å². The Morgan fingerprint density at radius 3 is 2.35 bits per heavy atom. The molecule has 0 saturated carbocycles. The van der Waals surface area contributed by atoms with Crippen LogP contribution >= 0.6 is 33.2 Å². The number of fused-ring (bicyclic) bond motifs is 4. The van der Waals surface area contributed by atoms with Crippen LogP contribution in [0, 0.1) is 11.8 Å². The van der Waals surface area contributed by atoms with Crippen LogP contribution in [-0.2, 0) is 54.2 Å². The molecule has 7 atom stereocenters. The number of carbonyl (C=O) groups is 7. The van der Waals surface area contributed by atoms with Gasteiger partial charge in [-0.05, 0) is 56.2 Å². The van der Waals surface area contributed by atoms with Crippen molar-refractivity contribution < 1.29 is 62.5 Å². The third kappa shape index (κ3) is 13.4. The van der Waals surface area contributed by atoms with Gasteiger partial charge in [0.15, 0.2) is 5.72 Å². The smallest absolute Gasteiger partial charge is 0.409 e. The topological polar surface area (TPSA) is 208 Å². The van der Waals surface area contributed by atoms with Crippen LogP contribution in [0.2, 0.25) is 5.02 Å². The van der Waals surface area contributed by atoms with E-state index in [1.165, 1.54) is 59.6 Å². The number of allylic oxidation sites excluding steroid dienone is 3. The highest BCUT2D eigenvalue weighted by Gasteiger charge is 2.47. The van der Waals surface area contributed by atoms with Gasteiger partial charge in [-0.1, -0.05) is 70.8 Å². The highest BCUT2D eigenvalue weighted by Crippen LogP contribution is 2.38. The highest BCUT2D eigenvalue weighted by atomic mass is 35.5. The van der Waals surface area contributed by atoms with Gasteiger partial charge in [0.05, 0.1) is 25.6 Å². The number of nitrogens with zero attached hydrogens (tertiary/aromatic N) is 3. The van der Waals surface area contributed by atoms with E-state index in [0.29, 0.717) is 40.8 Å². The van der Waals surface area contributed by atoms with Gasteiger partial charge >= 0.3 is 18.0 Å². The zero-order valence-corrected chi connectivity index (χ0v) is 38.7. The van der Waals surface area contributed by atoms with Gasteiger partial charge in [-0.2, -0.15) is 0 Å². The molecule has 17 nitrogen and oxygen atoms in total. The number of likely N-dealkylation sites (N-methyl/N-ethyl adjacent to an activating group) is 1. The zero-order chi connectivity index (χ0) is 45.9. The van der Waals surface area contributed by atoms with Gasteiger partial charge in [0.2, 0.25) is 11.8 Å². The lowest BCUT2D eigenvalue weighted by molar-refractivity contribution is -0.197. The van der Waals surface area contributed by atoms with Gasteiger partial charge in [0.1, 0.15) is 35.1 Å². The number of halogens is 1. The van der Waals surface area contributed by atoms with Crippen molar-refractivity contribution in [3.05, 3.63) is 46.5 Å². The van der Waals surface area contributed by atoms with E-state index >= 15 is 0 Å². The van der Waals surface area contributed by atoms with Crippen LogP contribution in [0.4, 0.5) is 10.5 Å². The Morgan fingerprint density at radius 2 is 1.71 bits per heavy atom. The molecule has 2 N–H and O–H groups in total. The molecule has 342 valence electrons. The number of alkyl carbamates (subject to hydrolysis) is 1. The van der Waals surface area contributed by atoms with E-state index in [1.807, 2.05) is 26.8 Å². The molecule has 3 heterocycles. The summed E-state index contributed by atoms with van der Waals surface area (Å²) in [6.45, 7) is 7.09. The molecule has 0 radical (unpaired) electrons. The fourth-order valence-electron chi connectivity index (χ4n) is 7.18. The van der Waals surface area contributed by atoms with Crippen LogP contribution in [0.15, 0.2) is 35.9 Å². The molecule has 4 bridgehead atoms. The minimum atomic E-state index is -1.81. The second-order valence-electron chi connectivity index (χ2n) is 15.8. The number of hydrogen-bond acceptors (Lipinski definition) is 15. The summed E-state index contributed by atoms with van der Waals surface area (Å²) in [7, 11) is 8.60. The molecular formula is C42H57ClN4O13S2. The number of nitrogens with one attached hydrogen (secondary N) is 1. The summed E-state index contributed by atoms with van der Waals surface area (Å²) >= 11 is 6.77. The molecule has 1 aromatic rings. The number of hydrogen-bond donors (Lipinski definition) is 2. The molecule has 1 aromatic carbocycles. The Balaban J connectivity index is 1.48. The highest BCUT2D eigenvalue weighted by molar-refractivity contribution is 8.76. The first-order valence-corrected chi connectivity index (χ1v) is 23.1. The molecule has 0 unspecified atom stereocenters. The fourth-order valence-corrected chi connectivity index (χ4v) is 9.45. The number of esters is 1. The number of aliphatic hydroxyl groups is 1. The number of hydroxylamine groups is 2. The molecule has 5 amide bonds. The Bertz CT molecular complexity index is 1900. The van der Waals surface area contributed by atoms with E-state index in [1.54, 1.807) is 31.3 Å². The molecule has 3 aliphatic rings. The van der Waals surface area contributed by atoms with E-state index in [2.05, 4.69) is 5.32 Å². The monoisotopic (exact) mass is 924 g/mol. The molecule has 0 aromatic heterocycles. The van der Waals surface area contributed by atoms with Crippen LogP contribution in [0.5, 0.6) is 5.75 Å². The van der Waals surface area contributed by atoms with Gasteiger partial charge in [-0.25, -0.2) is 14.4 Å². The van der Waals surface area contributed by atoms with Gasteiger partial charge in [-0.15, -0.1) is 5.06 Å². The molecule has 0 aliphatic carbocycles. The molecular weight excluding hydrogens is 868 g/mol. The Kier molecular flexibility index (Phi) is 18.6. The minimum Gasteiger partial charge on any atom is -0.495 e. The zero-order valence-electron chi connectivity index (χ0n) is 36.3. The van der Waals surface area contributed by atoms with Crippen molar-refractivity contribution in [2.75, 3.05) is 44.7 Å². The van der Waals surface area contributed by atoms with Crippen LogP contribution in [0.1, 0.15) is 78.2 Å².